The summed E-state index contributed by atoms with van der Waals surface area (Å²) in [6, 6.07) is 0. The lowest BCUT2D eigenvalue weighted by Gasteiger charge is -2.12. The molecule has 0 radical (unpaired) electrons. The van der Waals surface area contributed by atoms with Crippen LogP contribution in [0.2, 0.25) is 0 Å². The van der Waals surface area contributed by atoms with E-state index in [0.29, 0.717) is 6.54 Å². The fraction of sp³-hybridized carbons (Fsp3) is 0.636. The molecule has 1 unspecified atom stereocenters. The highest BCUT2D eigenvalue weighted by Crippen LogP contribution is 1.94. The molecule has 1 atom stereocenters. The van der Waals surface area contributed by atoms with Gasteiger partial charge in [0.1, 0.15) is 0 Å². The Kier molecular flexibility index (Phi) is 8.75. The van der Waals surface area contributed by atoms with Gasteiger partial charge in [0.05, 0.1) is 12.6 Å². The number of ether oxygens (including phenoxy) is 1. The second kappa shape index (κ2) is 9.31. The highest BCUT2D eigenvalue weighted by molar-refractivity contribution is 4.86. The molecule has 2 heteroatoms. The Bertz CT molecular complexity index is 160. The minimum Gasteiger partial charge on any atom is -0.377 e. The number of rotatable bonds is 8. The van der Waals surface area contributed by atoms with Crippen molar-refractivity contribution in [1.29, 1.82) is 0 Å². The van der Waals surface area contributed by atoms with E-state index < -0.39 is 0 Å². The molecule has 0 aromatic heterocycles. The number of unbranched alkanes of at least 4 members (excludes halogenated alkanes) is 1. The van der Waals surface area contributed by atoms with E-state index >= 15 is 0 Å². The monoisotopic (exact) mass is 181 g/mol. The summed E-state index contributed by atoms with van der Waals surface area (Å²) < 4.78 is 5.51. The van der Waals surface area contributed by atoms with Gasteiger partial charge in [-0.1, -0.05) is 12.0 Å². The molecule has 0 aromatic rings. The van der Waals surface area contributed by atoms with Gasteiger partial charge in [-0.3, -0.25) is 0 Å². The van der Waals surface area contributed by atoms with Gasteiger partial charge in [-0.05, 0) is 19.8 Å². The van der Waals surface area contributed by atoms with Crippen LogP contribution in [0.3, 0.4) is 0 Å². The van der Waals surface area contributed by atoms with Gasteiger partial charge in [0, 0.05) is 13.2 Å². The molecule has 0 bridgehead atoms. The topological polar surface area (TPSA) is 21.3 Å². The molecule has 2 nitrogen and oxygen atoms in total. The zero-order chi connectivity index (χ0) is 9.94. The maximum atomic E-state index is 5.51. The fourth-order valence-electron chi connectivity index (χ4n) is 0.919. The smallest absolute Gasteiger partial charge is 0.0671 e. The Morgan fingerprint density at radius 3 is 3.08 bits per heavy atom. The standard InChI is InChI=1S/C11H19NO/c1-4-6-7-9-13-11(3)10-12-8-5-2/h2,4,11-12H,1,6-10H2,3H3. The van der Waals surface area contributed by atoms with Crippen molar-refractivity contribution >= 4 is 0 Å². The van der Waals surface area contributed by atoms with E-state index in [0.717, 1.165) is 26.0 Å². The van der Waals surface area contributed by atoms with Crippen molar-refractivity contribution in [2.75, 3.05) is 19.7 Å². The molecule has 0 aliphatic rings. The highest BCUT2D eigenvalue weighted by Gasteiger charge is 1.99. The first-order chi connectivity index (χ1) is 6.31. The molecule has 74 valence electrons. The molecule has 0 fully saturated rings. The number of hydrogen-bond donors (Lipinski definition) is 1. The summed E-state index contributed by atoms with van der Waals surface area (Å²) in [5.41, 5.74) is 0. The molecule has 1 N–H and O–H groups in total. The van der Waals surface area contributed by atoms with Crippen LogP contribution >= 0.6 is 0 Å². The Balaban J connectivity index is 3.15. The quantitative estimate of drug-likeness (QED) is 0.349. The molecular formula is C11H19NO. The summed E-state index contributed by atoms with van der Waals surface area (Å²) in [6.45, 7) is 7.91. The fourth-order valence-corrected chi connectivity index (χ4v) is 0.919. The van der Waals surface area contributed by atoms with Gasteiger partial charge in [0.25, 0.3) is 0 Å². The van der Waals surface area contributed by atoms with Gasteiger partial charge in [0.15, 0.2) is 0 Å². The van der Waals surface area contributed by atoms with Crippen molar-refractivity contribution in [1.82, 2.24) is 5.32 Å². The Labute approximate surface area is 81.4 Å². The van der Waals surface area contributed by atoms with Crippen LogP contribution in [0.5, 0.6) is 0 Å². The lowest BCUT2D eigenvalue weighted by atomic mass is 10.3. The van der Waals surface area contributed by atoms with E-state index in [1.165, 1.54) is 0 Å². The van der Waals surface area contributed by atoms with Crippen molar-refractivity contribution < 1.29 is 4.74 Å². The Morgan fingerprint density at radius 2 is 2.46 bits per heavy atom. The molecule has 0 aliphatic carbocycles. The van der Waals surface area contributed by atoms with E-state index in [4.69, 9.17) is 11.2 Å². The van der Waals surface area contributed by atoms with E-state index in [2.05, 4.69) is 17.8 Å². The predicted molar refractivity (Wildman–Crippen MR) is 56.5 cm³/mol. The Hall–Kier alpha value is -0.780. The van der Waals surface area contributed by atoms with Crippen molar-refractivity contribution in [2.45, 2.75) is 25.9 Å². The third kappa shape index (κ3) is 9.13. The van der Waals surface area contributed by atoms with Crippen LogP contribution in [0.25, 0.3) is 0 Å². The van der Waals surface area contributed by atoms with Crippen LogP contribution in [-0.4, -0.2) is 25.8 Å². The van der Waals surface area contributed by atoms with Crippen molar-refractivity contribution in [2.24, 2.45) is 0 Å². The normalized spacial score (nSPS) is 12.0. The molecule has 0 amide bonds. The number of nitrogens with one attached hydrogen (secondary N) is 1. The minimum absolute atomic E-state index is 0.234. The number of hydrogen-bond acceptors (Lipinski definition) is 2. The number of terminal acetylenes is 1. The maximum Gasteiger partial charge on any atom is 0.0671 e. The third-order valence-electron chi connectivity index (χ3n) is 1.61. The van der Waals surface area contributed by atoms with Crippen LogP contribution in [0.1, 0.15) is 19.8 Å². The van der Waals surface area contributed by atoms with Gasteiger partial charge < -0.3 is 10.1 Å². The summed E-state index contributed by atoms with van der Waals surface area (Å²) in [4.78, 5) is 0. The van der Waals surface area contributed by atoms with E-state index in [-0.39, 0.29) is 6.10 Å². The third-order valence-corrected chi connectivity index (χ3v) is 1.61. The first-order valence-corrected chi connectivity index (χ1v) is 4.68. The molecule has 0 heterocycles. The molecule has 0 saturated carbocycles. The van der Waals surface area contributed by atoms with Crippen molar-refractivity contribution in [3.05, 3.63) is 12.7 Å². The van der Waals surface area contributed by atoms with Crippen LogP contribution in [0.4, 0.5) is 0 Å². The van der Waals surface area contributed by atoms with Crippen LogP contribution in [0, 0.1) is 12.3 Å². The first kappa shape index (κ1) is 12.2. The SMILES string of the molecule is C#CCNCC(C)OCCCC=C. The lowest BCUT2D eigenvalue weighted by Crippen LogP contribution is -2.27. The van der Waals surface area contributed by atoms with E-state index in [1.54, 1.807) is 0 Å². The summed E-state index contributed by atoms with van der Waals surface area (Å²) in [5, 5.41) is 3.09. The zero-order valence-electron chi connectivity index (χ0n) is 8.38. The average molecular weight is 181 g/mol. The summed E-state index contributed by atoms with van der Waals surface area (Å²) >= 11 is 0. The van der Waals surface area contributed by atoms with E-state index in [1.807, 2.05) is 13.0 Å². The largest absolute Gasteiger partial charge is 0.377 e. The van der Waals surface area contributed by atoms with Crippen LogP contribution in [0.15, 0.2) is 12.7 Å². The molecule has 0 aromatic carbocycles. The molecule has 0 spiro atoms. The van der Waals surface area contributed by atoms with Crippen molar-refractivity contribution in [3.8, 4) is 12.3 Å². The second-order valence-electron chi connectivity index (χ2n) is 2.95. The van der Waals surface area contributed by atoms with Crippen LogP contribution < -0.4 is 5.32 Å². The zero-order valence-corrected chi connectivity index (χ0v) is 8.38. The highest BCUT2D eigenvalue weighted by atomic mass is 16.5. The minimum atomic E-state index is 0.234. The van der Waals surface area contributed by atoms with Gasteiger partial charge in [-0.25, -0.2) is 0 Å². The maximum absolute atomic E-state index is 5.51. The molecule has 0 aliphatic heterocycles. The number of allylic oxidation sites excluding steroid dienone is 1. The first-order valence-electron chi connectivity index (χ1n) is 4.68. The van der Waals surface area contributed by atoms with E-state index in [9.17, 15) is 0 Å². The summed E-state index contributed by atoms with van der Waals surface area (Å²) in [6.07, 6.45) is 9.29. The van der Waals surface area contributed by atoms with Gasteiger partial charge in [-0.15, -0.1) is 13.0 Å². The molecule has 13 heavy (non-hydrogen) atoms. The van der Waals surface area contributed by atoms with Crippen LogP contribution in [-0.2, 0) is 4.74 Å². The second-order valence-corrected chi connectivity index (χ2v) is 2.95. The molecular weight excluding hydrogens is 162 g/mol. The summed E-state index contributed by atoms with van der Waals surface area (Å²) in [7, 11) is 0. The van der Waals surface area contributed by atoms with Gasteiger partial charge >= 0.3 is 0 Å². The summed E-state index contributed by atoms with van der Waals surface area (Å²) in [5.74, 6) is 2.52. The lowest BCUT2D eigenvalue weighted by molar-refractivity contribution is 0.0655. The molecule has 0 saturated heterocycles. The average Bonchev–Trinajstić information content (AvgIpc) is 2.13. The van der Waals surface area contributed by atoms with Crippen molar-refractivity contribution in [3.63, 3.8) is 0 Å². The molecule has 0 rings (SSSR count). The predicted octanol–water partition coefficient (Wildman–Crippen LogP) is 1.58. The van der Waals surface area contributed by atoms with Gasteiger partial charge in [0.2, 0.25) is 0 Å². The Morgan fingerprint density at radius 1 is 1.69 bits per heavy atom. The van der Waals surface area contributed by atoms with Gasteiger partial charge in [-0.2, -0.15) is 0 Å².